The molecule has 0 saturated heterocycles. The van der Waals surface area contributed by atoms with E-state index in [1.807, 2.05) is 24.0 Å². The molecule has 1 aromatic heterocycles. The molecule has 4 nitrogen and oxygen atoms in total. The standard InChI is InChI=1S/C11H18N4/c1-3-15(9-4-7-12)10-6-11-5-8-13-14(11)2/h5,8H,3-4,6,9-10H2,1-2H3. The van der Waals surface area contributed by atoms with E-state index in [0.717, 1.165) is 26.1 Å². The second-order valence-corrected chi connectivity index (χ2v) is 3.54. The Hall–Kier alpha value is -1.34. The summed E-state index contributed by atoms with van der Waals surface area (Å²) in [6.07, 6.45) is 3.43. The third-order valence-electron chi connectivity index (χ3n) is 2.59. The Balaban J connectivity index is 2.35. The minimum absolute atomic E-state index is 0.610. The van der Waals surface area contributed by atoms with Crippen LogP contribution in [-0.4, -0.2) is 34.3 Å². The van der Waals surface area contributed by atoms with Crippen molar-refractivity contribution in [3.63, 3.8) is 0 Å². The van der Waals surface area contributed by atoms with Crippen LogP contribution in [0.5, 0.6) is 0 Å². The number of aromatic nitrogens is 2. The molecule has 0 atom stereocenters. The fourth-order valence-electron chi connectivity index (χ4n) is 1.56. The summed E-state index contributed by atoms with van der Waals surface area (Å²) in [6.45, 7) is 4.99. The van der Waals surface area contributed by atoms with E-state index in [1.54, 1.807) is 0 Å². The van der Waals surface area contributed by atoms with Crippen LogP contribution in [0, 0.1) is 11.3 Å². The molecule has 1 aromatic rings. The van der Waals surface area contributed by atoms with Gasteiger partial charge in [0, 0.05) is 44.9 Å². The predicted octanol–water partition coefficient (Wildman–Crippen LogP) is 1.20. The van der Waals surface area contributed by atoms with E-state index in [2.05, 4.69) is 23.0 Å². The summed E-state index contributed by atoms with van der Waals surface area (Å²) in [4.78, 5) is 2.29. The van der Waals surface area contributed by atoms with Crippen molar-refractivity contribution in [1.82, 2.24) is 14.7 Å². The average molecular weight is 206 g/mol. The van der Waals surface area contributed by atoms with E-state index in [-0.39, 0.29) is 0 Å². The monoisotopic (exact) mass is 206 g/mol. The van der Waals surface area contributed by atoms with Crippen LogP contribution in [0.15, 0.2) is 12.3 Å². The van der Waals surface area contributed by atoms with Crippen molar-refractivity contribution in [2.45, 2.75) is 19.8 Å². The first-order valence-electron chi connectivity index (χ1n) is 5.34. The molecule has 1 heterocycles. The number of hydrogen-bond donors (Lipinski definition) is 0. The van der Waals surface area contributed by atoms with Gasteiger partial charge in [-0.3, -0.25) is 4.68 Å². The first-order valence-corrected chi connectivity index (χ1v) is 5.34. The number of aryl methyl sites for hydroxylation is 1. The van der Waals surface area contributed by atoms with Gasteiger partial charge >= 0.3 is 0 Å². The maximum absolute atomic E-state index is 8.52. The normalized spacial score (nSPS) is 10.5. The minimum atomic E-state index is 0.610. The lowest BCUT2D eigenvalue weighted by Gasteiger charge is -2.18. The summed E-state index contributed by atoms with van der Waals surface area (Å²) in [5.74, 6) is 0. The highest BCUT2D eigenvalue weighted by Gasteiger charge is 2.04. The Morgan fingerprint density at radius 1 is 1.53 bits per heavy atom. The van der Waals surface area contributed by atoms with Gasteiger partial charge in [-0.05, 0) is 12.6 Å². The van der Waals surface area contributed by atoms with E-state index in [9.17, 15) is 0 Å². The molecule has 0 amide bonds. The Bertz CT molecular complexity index is 324. The molecule has 0 aromatic carbocycles. The summed E-state index contributed by atoms with van der Waals surface area (Å²) >= 11 is 0. The lowest BCUT2D eigenvalue weighted by Crippen LogP contribution is -2.27. The topological polar surface area (TPSA) is 44.9 Å². The van der Waals surface area contributed by atoms with Gasteiger partial charge in [-0.15, -0.1) is 0 Å². The Kier molecular flexibility index (Phi) is 4.85. The van der Waals surface area contributed by atoms with Crippen LogP contribution in [0.3, 0.4) is 0 Å². The zero-order chi connectivity index (χ0) is 11.1. The van der Waals surface area contributed by atoms with E-state index < -0.39 is 0 Å². The zero-order valence-corrected chi connectivity index (χ0v) is 9.48. The Morgan fingerprint density at radius 3 is 2.87 bits per heavy atom. The van der Waals surface area contributed by atoms with Gasteiger partial charge < -0.3 is 4.90 Å². The highest BCUT2D eigenvalue weighted by atomic mass is 15.3. The van der Waals surface area contributed by atoms with Gasteiger partial charge in [-0.2, -0.15) is 10.4 Å². The SMILES string of the molecule is CCN(CCC#N)CCc1ccnn1C. The maximum atomic E-state index is 8.52. The van der Waals surface area contributed by atoms with Gasteiger partial charge in [0.1, 0.15) is 0 Å². The predicted molar refractivity (Wildman–Crippen MR) is 59.3 cm³/mol. The summed E-state index contributed by atoms with van der Waals surface area (Å²) < 4.78 is 1.90. The molecule has 0 spiro atoms. The van der Waals surface area contributed by atoms with Crippen molar-refractivity contribution in [3.05, 3.63) is 18.0 Å². The van der Waals surface area contributed by atoms with Crippen LogP contribution in [0.25, 0.3) is 0 Å². The third-order valence-corrected chi connectivity index (χ3v) is 2.59. The highest BCUT2D eigenvalue weighted by molar-refractivity contribution is 5.00. The van der Waals surface area contributed by atoms with Crippen molar-refractivity contribution in [1.29, 1.82) is 5.26 Å². The van der Waals surface area contributed by atoms with Crippen molar-refractivity contribution in [2.75, 3.05) is 19.6 Å². The molecular weight excluding hydrogens is 188 g/mol. The molecule has 0 aliphatic rings. The van der Waals surface area contributed by atoms with Crippen molar-refractivity contribution < 1.29 is 0 Å². The van der Waals surface area contributed by atoms with Crippen LogP contribution in [0.4, 0.5) is 0 Å². The van der Waals surface area contributed by atoms with E-state index in [1.165, 1.54) is 5.69 Å². The second kappa shape index (κ2) is 6.20. The molecule has 0 fully saturated rings. The number of nitriles is 1. The molecule has 0 unspecified atom stereocenters. The van der Waals surface area contributed by atoms with Crippen LogP contribution in [0.2, 0.25) is 0 Å². The molecule has 0 radical (unpaired) electrons. The van der Waals surface area contributed by atoms with Crippen LogP contribution in [-0.2, 0) is 13.5 Å². The minimum Gasteiger partial charge on any atom is -0.302 e. The summed E-state index contributed by atoms with van der Waals surface area (Å²) in [7, 11) is 1.96. The van der Waals surface area contributed by atoms with Gasteiger partial charge in [-0.25, -0.2) is 0 Å². The van der Waals surface area contributed by atoms with Crippen molar-refractivity contribution >= 4 is 0 Å². The lowest BCUT2D eigenvalue weighted by molar-refractivity contribution is 0.296. The van der Waals surface area contributed by atoms with Gasteiger partial charge in [0.25, 0.3) is 0 Å². The lowest BCUT2D eigenvalue weighted by atomic mass is 10.3. The molecular formula is C11H18N4. The molecule has 82 valence electrons. The third kappa shape index (κ3) is 3.72. The smallest absolute Gasteiger partial charge is 0.0635 e. The second-order valence-electron chi connectivity index (χ2n) is 3.54. The molecule has 15 heavy (non-hydrogen) atoms. The number of rotatable bonds is 6. The van der Waals surface area contributed by atoms with Gasteiger partial charge in [0.15, 0.2) is 0 Å². The van der Waals surface area contributed by atoms with E-state index in [4.69, 9.17) is 5.26 Å². The molecule has 0 aliphatic carbocycles. The molecule has 0 N–H and O–H groups in total. The van der Waals surface area contributed by atoms with E-state index in [0.29, 0.717) is 6.42 Å². The van der Waals surface area contributed by atoms with Gasteiger partial charge in [0.2, 0.25) is 0 Å². The average Bonchev–Trinajstić information content (AvgIpc) is 2.65. The summed E-state index contributed by atoms with van der Waals surface area (Å²) in [5.41, 5.74) is 1.24. The van der Waals surface area contributed by atoms with Crippen LogP contribution < -0.4 is 0 Å². The van der Waals surface area contributed by atoms with Crippen LogP contribution >= 0.6 is 0 Å². The Morgan fingerprint density at radius 2 is 2.33 bits per heavy atom. The van der Waals surface area contributed by atoms with Gasteiger partial charge in [0.05, 0.1) is 6.07 Å². The maximum Gasteiger partial charge on any atom is 0.0635 e. The number of hydrogen-bond acceptors (Lipinski definition) is 3. The summed E-state index contributed by atoms with van der Waals surface area (Å²) in [6, 6.07) is 4.22. The molecule has 0 bridgehead atoms. The van der Waals surface area contributed by atoms with Crippen LogP contribution in [0.1, 0.15) is 19.0 Å². The first kappa shape index (κ1) is 11.7. The molecule has 0 aliphatic heterocycles. The van der Waals surface area contributed by atoms with E-state index >= 15 is 0 Å². The Labute approximate surface area is 91.1 Å². The first-order chi connectivity index (χ1) is 7.27. The fraction of sp³-hybridized carbons (Fsp3) is 0.636. The molecule has 4 heteroatoms. The largest absolute Gasteiger partial charge is 0.302 e. The molecule has 1 rings (SSSR count). The molecule has 0 saturated carbocycles. The zero-order valence-electron chi connectivity index (χ0n) is 9.48. The number of likely N-dealkylation sites (N-methyl/N-ethyl adjacent to an activating group) is 1. The quantitative estimate of drug-likeness (QED) is 0.702. The van der Waals surface area contributed by atoms with Crippen molar-refractivity contribution in [3.8, 4) is 6.07 Å². The number of nitrogens with zero attached hydrogens (tertiary/aromatic N) is 4. The van der Waals surface area contributed by atoms with Crippen molar-refractivity contribution in [2.24, 2.45) is 7.05 Å². The highest BCUT2D eigenvalue weighted by Crippen LogP contribution is 2.00. The van der Waals surface area contributed by atoms with Gasteiger partial charge in [-0.1, -0.05) is 6.92 Å². The fourth-order valence-corrected chi connectivity index (χ4v) is 1.56. The summed E-state index contributed by atoms with van der Waals surface area (Å²) in [5, 5.41) is 12.6.